The highest BCUT2D eigenvalue weighted by Crippen LogP contribution is 2.64. The third-order valence-electron chi connectivity index (χ3n) is 6.43. The minimum atomic E-state index is -4.75. The molecule has 4 fully saturated rings. The van der Waals surface area contributed by atoms with Crippen molar-refractivity contribution < 1.29 is 27.8 Å². The second-order valence-electron chi connectivity index (χ2n) is 8.73. The van der Waals surface area contributed by atoms with E-state index in [1.807, 2.05) is 0 Å². The van der Waals surface area contributed by atoms with Crippen LogP contribution in [0.25, 0.3) is 0 Å². The summed E-state index contributed by atoms with van der Waals surface area (Å²) in [4.78, 5) is 13.0. The monoisotopic (exact) mass is 461 g/mol. The summed E-state index contributed by atoms with van der Waals surface area (Å²) in [5.74, 6) is 0.806. The molecule has 154 valence electrons. The van der Waals surface area contributed by atoms with E-state index in [9.17, 15) is 23.1 Å². The predicted octanol–water partition coefficient (Wildman–Crippen LogP) is 4.47. The summed E-state index contributed by atoms with van der Waals surface area (Å²) >= 11 is 3.88. The molecule has 0 heterocycles. The third kappa shape index (κ3) is 4.03. The lowest BCUT2D eigenvalue weighted by Gasteiger charge is -2.59. The molecule has 28 heavy (non-hydrogen) atoms. The fourth-order valence-corrected chi connectivity index (χ4v) is 7.26. The topological polar surface area (TPSA) is 58.6 Å². The maximum absolute atomic E-state index is 13.0. The van der Waals surface area contributed by atoms with E-state index < -0.39 is 12.5 Å². The van der Waals surface area contributed by atoms with E-state index in [4.69, 9.17) is 0 Å². The number of halogens is 4. The first kappa shape index (κ1) is 20.0. The van der Waals surface area contributed by atoms with Crippen LogP contribution in [0.2, 0.25) is 0 Å². The lowest BCUT2D eigenvalue weighted by Crippen LogP contribution is -2.58. The molecule has 0 spiro atoms. The third-order valence-corrected chi connectivity index (χ3v) is 7.35. The summed E-state index contributed by atoms with van der Waals surface area (Å²) in [5, 5.41) is 13.2. The quantitative estimate of drug-likeness (QED) is 0.636. The van der Waals surface area contributed by atoms with Crippen LogP contribution < -0.4 is 10.1 Å². The van der Waals surface area contributed by atoms with Crippen molar-refractivity contribution in [3.63, 3.8) is 0 Å². The van der Waals surface area contributed by atoms with Crippen molar-refractivity contribution in [2.75, 3.05) is 6.54 Å². The number of ether oxygens (including phenoxy) is 1. The Labute approximate surface area is 170 Å². The highest BCUT2D eigenvalue weighted by Gasteiger charge is 2.59. The van der Waals surface area contributed by atoms with Gasteiger partial charge in [-0.1, -0.05) is 28.1 Å². The van der Waals surface area contributed by atoms with E-state index in [0.717, 1.165) is 44.2 Å². The van der Waals surface area contributed by atoms with Crippen LogP contribution in [0.5, 0.6) is 5.75 Å². The van der Waals surface area contributed by atoms with Gasteiger partial charge >= 0.3 is 6.36 Å². The number of nitrogens with one attached hydrogen (secondary N) is 1. The lowest BCUT2D eigenvalue weighted by atomic mass is 9.49. The van der Waals surface area contributed by atoms with Gasteiger partial charge in [0.15, 0.2) is 0 Å². The van der Waals surface area contributed by atoms with Gasteiger partial charge in [0.2, 0.25) is 5.91 Å². The fraction of sp³-hybridized carbons (Fsp3) is 0.650. The molecule has 1 aromatic rings. The number of benzene rings is 1. The molecule has 8 heteroatoms. The van der Waals surface area contributed by atoms with Crippen molar-refractivity contribution in [2.45, 2.75) is 55.3 Å². The number of aliphatic hydroxyl groups excluding tert-OH is 1. The molecular weight excluding hydrogens is 439 g/mol. The van der Waals surface area contributed by atoms with Crippen LogP contribution in [0.3, 0.4) is 0 Å². The second-order valence-corrected chi connectivity index (χ2v) is 10.4. The van der Waals surface area contributed by atoms with E-state index in [1.54, 1.807) is 0 Å². The molecular formula is C20H23BrF3NO3. The summed E-state index contributed by atoms with van der Waals surface area (Å²) in [7, 11) is 0. The Bertz CT molecular complexity index is 738. The van der Waals surface area contributed by atoms with Gasteiger partial charge in [0.05, 0.1) is 11.5 Å². The number of hydrogen-bond donors (Lipinski definition) is 2. The largest absolute Gasteiger partial charge is 0.573 e. The Kier molecular flexibility index (Phi) is 4.93. The second kappa shape index (κ2) is 6.90. The van der Waals surface area contributed by atoms with E-state index in [1.165, 1.54) is 18.6 Å². The first-order valence-corrected chi connectivity index (χ1v) is 10.4. The van der Waals surface area contributed by atoms with Crippen molar-refractivity contribution in [3.8, 4) is 5.75 Å². The maximum atomic E-state index is 13.0. The highest BCUT2D eigenvalue weighted by molar-refractivity contribution is 9.10. The molecule has 1 amide bonds. The SMILES string of the molecule is O=C(NCC(O)c1ccc(OC(F)(F)F)cc1)C12CC3CC(CC(Br)(C3)C1)C2. The Morgan fingerprint density at radius 1 is 1.21 bits per heavy atom. The van der Waals surface area contributed by atoms with Gasteiger partial charge in [0, 0.05) is 10.9 Å². The van der Waals surface area contributed by atoms with Gasteiger partial charge in [-0.25, -0.2) is 0 Å². The number of carbonyl (C=O) groups excluding carboxylic acids is 1. The average molecular weight is 462 g/mol. The zero-order valence-corrected chi connectivity index (χ0v) is 16.9. The zero-order valence-electron chi connectivity index (χ0n) is 15.3. The van der Waals surface area contributed by atoms with Gasteiger partial charge in [-0.3, -0.25) is 4.79 Å². The van der Waals surface area contributed by atoms with Gasteiger partial charge < -0.3 is 15.2 Å². The van der Waals surface area contributed by atoms with Crippen molar-refractivity contribution in [2.24, 2.45) is 17.3 Å². The summed E-state index contributed by atoms with van der Waals surface area (Å²) in [6.45, 7) is 0.0324. The number of aliphatic hydroxyl groups is 1. The molecule has 0 aliphatic heterocycles. The van der Waals surface area contributed by atoms with Gasteiger partial charge in [0.25, 0.3) is 0 Å². The summed E-state index contributed by atoms with van der Waals surface area (Å²) in [6, 6.07) is 5.05. The van der Waals surface area contributed by atoms with Crippen LogP contribution in [0, 0.1) is 17.3 Å². The van der Waals surface area contributed by atoms with Crippen LogP contribution in [-0.2, 0) is 4.79 Å². The molecule has 5 rings (SSSR count). The molecule has 1 aromatic carbocycles. The van der Waals surface area contributed by atoms with Gasteiger partial charge in [-0.2, -0.15) is 0 Å². The molecule has 3 unspecified atom stereocenters. The van der Waals surface area contributed by atoms with Crippen LogP contribution in [0.1, 0.15) is 50.2 Å². The Morgan fingerprint density at radius 3 is 2.36 bits per heavy atom. The van der Waals surface area contributed by atoms with E-state index in [-0.39, 0.29) is 27.9 Å². The summed E-state index contributed by atoms with van der Waals surface area (Å²) < 4.78 is 40.6. The lowest BCUT2D eigenvalue weighted by molar-refractivity contribution is -0.274. The van der Waals surface area contributed by atoms with E-state index in [2.05, 4.69) is 26.0 Å². The molecule has 4 saturated carbocycles. The normalized spacial score (nSPS) is 34.9. The van der Waals surface area contributed by atoms with Crippen molar-refractivity contribution in [1.82, 2.24) is 5.32 Å². The molecule has 4 bridgehead atoms. The first-order chi connectivity index (χ1) is 13.1. The molecule has 3 atom stereocenters. The van der Waals surface area contributed by atoms with Gasteiger partial charge in [-0.05, 0) is 68.1 Å². The molecule has 0 aromatic heterocycles. The summed E-state index contributed by atoms with van der Waals surface area (Å²) in [6.07, 6.45) is 0.371. The van der Waals surface area contributed by atoms with Gasteiger partial charge in [0.1, 0.15) is 5.75 Å². The molecule has 4 aliphatic rings. The Balaban J connectivity index is 1.36. The van der Waals surface area contributed by atoms with E-state index >= 15 is 0 Å². The minimum Gasteiger partial charge on any atom is -0.406 e. The summed E-state index contributed by atoms with van der Waals surface area (Å²) in [5.41, 5.74) is 0.0647. The van der Waals surface area contributed by atoms with Crippen LogP contribution in [0.15, 0.2) is 24.3 Å². The number of amides is 1. The number of carbonyl (C=O) groups is 1. The fourth-order valence-electron chi connectivity index (χ4n) is 5.80. The van der Waals surface area contributed by atoms with Crippen molar-refractivity contribution >= 4 is 21.8 Å². The van der Waals surface area contributed by atoms with Crippen LogP contribution >= 0.6 is 15.9 Å². The predicted molar refractivity (Wildman–Crippen MR) is 99.9 cm³/mol. The average Bonchev–Trinajstić information content (AvgIpc) is 2.56. The molecule has 0 saturated heterocycles. The minimum absolute atomic E-state index is 0.0125. The number of rotatable bonds is 5. The Morgan fingerprint density at radius 2 is 1.82 bits per heavy atom. The van der Waals surface area contributed by atoms with Crippen LogP contribution in [-0.4, -0.2) is 28.2 Å². The zero-order chi connectivity index (χ0) is 20.2. The highest BCUT2D eigenvalue weighted by atomic mass is 79.9. The van der Waals surface area contributed by atoms with Crippen molar-refractivity contribution in [3.05, 3.63) is 29.8 Å². The van der Waals surface area contributed by atoms with Gasteiger partial charge in [-0.15, -0.1) is 13.2 Å². The van der Waals surface area contributed by atoms with Crippen LogP contribution in [0.4, 0.5) is 13.2 Å². The van der Waals surface area contributed by atoms with Crippen molar-refractivity contribution in [1.29, 1.82) is 0 Å². The Hall–Kier alpha value is -1.28. The maximum Gasteiger partial charge on any atom is 0.573 e. The number of alkyl halides is 4. The molecule has 0 radical (unpaired) electrons. The first-order valence-electron chi connectivity index (χ1n) is 9.57. The smallest absolute Gasteiger partial charge is 0.406 e. The van der Waals surface area contributed by atoms with E-state index in [0.29, 0.717) is 17.4 Å². The molecule has 4 nitrogen and oxygen atoms in total. The molecule has 4 aliphatic carbocycles. The standard InChI is InChI=1S/C20H23BrF3NO3/c21-19-8-12-5-13(9-19)7-18(6-12,11-19)17(27)25-10-16(26)14-1-3-15(4-2-14)28-20(22,23)24/h1-4,12-13,16,26H,5-11H2,(H,25,27). The number of hydrogen-bond acceptors (Lipinski definition) is 3. The molecule has 2 N–H and O–H groups in total.